The van der Waals surface area contributed by atoms with Crippen LogP contribution in [0.5, 0.6) is 0 Å². The maximum absolute atomic E-state index is 8.87. The van der Waals surface area contributed by atoms with Gasteiger partial charge in [-0.3, -0.25) is 0 Å². The molecule has 0 radical (unpaired) electrons. The van der Waals surface area contributed by atoms with Gasteiger partial charge < -0.3 is 16.2 Å². The first-order valence-electron chi connectivity index (χ1n) is 4.43. The molecule has 1 unspecified atom stereocenters. The summed E-state index contributed by atoms with van der Waals surface area (Å²) in [5.41, 5.74) is 7.64. The molecule has 1 aromatic carbocycles. The third kappa shape index (κ3) is 2.72. The lowest BCUT2D eigenvalue weighted by atomic mass is 10.1. The number of hydrogen-bond donors (Lipinski definition) is 3. The number of rotatable bonds is 4. The zero-order valence-electron chi connectivity index (χ0n) is 7.83. The molecule has 4 N–H and O–H groups in total. The Bertz CT molecular complexity index is 263. The van der Waals surface area contributed by atoms with Crippen LogP contribution in [0.25, 0.3) is 0 Å². The van der Waals surface area contributed by atoms with E-state index in [1.165, 1.54) is 0 Å². The first kappa shape index (κ1) is 10.0. The van der Waals surface area contributed by atoms with Gasteiger partial charge in [0.25, 0.3) is 0 Å². The SMILES string of the molecule is CC(CO)Nc1ccccc1CN. The average Bonchev–Trinajstić information content (AvgIpc) is 2.18. The maximum atomic E-state index is 8.87. The van der Waals surface area contributed by atoms with E-state index in [4.69, 9.17) is 10.8 Å². The topological polar surface area (TPSA) is 58.3 Å². The standard InChI is InChI=1S/C10H16N2O/c1-8(7-13)12-10-5-3-2-4-9(10)6-11/h2-5,8,12-13H,6-7,11H2,1H3. The van der Waals surface area contributed by atoms with Gasteiger partial charge in [-0.15, -0.1) is 0 Å². The van der Waals surface area contributed by atoms with Crippen LogP contribution in [-0.4, -0.2) is 17.8 Å². The first-order valence-corrected chi connectivity index (χ1v) is 4.43. The summed E-state index contributed by atoms with van der Waals surface area (Å²) in [5.74, 6) is 0. The van der Waals surface area contributed by atoms with Crippen LogP contribution < -0.4 is 11.1 Å². The second kappa shape index (κ2) is 4.84. The highest BCUT2D eigenvalue weighted by Crippen LogP contribution is 2.14. The molecule has 1 atom stereocenters. The van der Waals surface area contributed by atoms with Gasteiger partial charge in [0.05, 0.1) is 6.61 Å². The molecule has 0 spiro atoms. The summed E-state index contributed by atoms with van der Waals surface area (Å²) in [6.07, 6.45) is 0. The average molecular weight is 180 g/mol. The van der Waals surface area contributed by atoms with E-state index in [1.807, 2.05) is 31.2 Å². The van der Waals surface area contributed by atoms with E-state index in [1.54, 1.807) is 0 Å². The molecule has 0 aliphatic heterocycles. The Morgan fingerprint density at radius 3 is 2.77 bits per heavy atom. The molecule has 0 saturated heterocycles. The molecule has 0 bridgehead atoms. The normalized spacial score (nSPS) is 12.5. The number of aliphatic hydroxyl groups is 1. The highest BCUT2D eigenvalue weighted by atomic mass is 16.3. The lowest BCUT2D eigenvalue weighted by Crippen LogP contribution is -2.20. The molecule has 0 aliphatic carbocycles. The van der Waals surface area contributed by atoms with Crippen molar-refractivity contribution in [3.63, 3.8) is 0 Å². The van der Waals surface area contributed by atoms with Crippen molar-refractivity contribution < 1.29 is 5.11 Å². The van der Waals surface area contributed by atoms with Crippen LogP contribution in [0.15, 0.2) is 24.3 Å². The van der Waals surface area contributed by atoms with Crippen molar-refractivity contribution in [2.45, 2.75) is 19.5 Å². The van der Waals surface area contributed by atoms with Crippen molar-refractivity contribution in [1.82, 2.24) is 0 Å². The highest BCUT2D eigenvalue weighted by molar-refractivity contribution is 5.51. The highest BCUT2D eigenvalue weighted by Gasteiger charge is 2.02. The van der Waals surface area contributed by atoms with Crippen LogP contribution in [0, 0.1) is 0 Å². The molecule has 3 nitrogen and oxygen atoms in total. The van der Waals surface area contributed by atoms with Crippen LogP contribution in [0.3, 0.4) is 0 Å². The molecule has 0 fully saturated rings. The lowest BCUT2D eigenvalue weighted by molar-refractivity contribution is 0.281. The molecule has 3 heteroatoms. The number of hydrogen-bond acceptors (Lipinski definition) is 3. The minimum Gasteiger partial charge on any atom is -0.394 e. The van der Waals surface area contributed by atoms with E-state index in [0.29, 0.717) is 6.54 Å². The zero-order valence-corrected chi connectivity index (χ0v) is 7.83. The van der Waals surface area contributed by atoms with Gasteiger partial charge in [-0.05, 0) is 18.6 Å². The lowest BCUT2D eigenvalue weighted by Gasteiger charge is -2.15. The monoisotopic (exact) mass is 180 g/mol. The summed E-state index contributed by atoms with van der Waals surface area (Å²) >= 11 is 0. The molecule has 0 heterocycles. The number of nitrogens with two attached hydrogens (primary N) is 1. The molecule has 72 valence electrons. The number of benzene rings is 1. The molecule has 0 saturated carbocycles. The number of anilines is 1. The van der Waals surface area contributed by atoms with Gasteiger partial charge in [0.15, 0.2) is 0 Å². The molecule has 1 aromatic rings. The van der Waals surface area contributed by atoms with Gasteiger partial charge in [-0.2, -0.15) is 0 Å². The van der Waals surface area contributed by atoms with Gasteiger partial charge in [-0.25, -0.2) is 0 Å². The van der Waals surface area contributed by atoms with Crippen molar-refractivity contribution in [3.05, 3.63) is 29.8 Å². The first-order chi connectivity index (χ1) is 6.27. The van der Waals surface area contributed by atoms with Crippen molar-refractivity contribution >= 4 is 5.69 Å². The van der Waals surface area contributed by atoms with Gasteiger partial charge in [0.2, 0.25) is 0 Å². The quantitative estimate of drug-likeness (QED) is 0.646. The zero-order chi connectivity index (χ0) is 9.68. The van der Waals surface area contributed by atoms with Crippen molar-refractivity contribution in [1.29, 1.82) is 0 Å². The molecular weight excluding hydrogens is 164 g/mol. The Morgan fingerprint density at radius 2 is 2.15 bits per heavy atom. The predicted molar refractivity (Wildman–Crippen MR) is 54.5 cm³/mol. The van der Waals surface area contributed by atoms with Crippen molar-refractivity contribution in [2.24, 2.45) is 5.73 Å². The molecular formula is C10H16N2O. The second-order valence-corrected chi connectivity index (χ2v) is 3.09. The van der Waals surface area contributed by atoms with Crippen molar-refractivity contribution in [3.8, 4) is 0 Å². The Kier molecular flexibility index (Phi) is 3.73. The second-order valence-electron chi connectivity index (χ2n) is 3.09. The van der Waals surface area contributed by atoms with E-state index in [-0.39, 0.29) is 12.6 Å². The molecule has 1 rings (SSSR count). The van der Waals surface area contributed by atoms with Crippen LogP contribution >= 0.6 is 0 Å². The smallest absolute Gasteiger partial charge is 0.0630 e. The third-order valence-corrected chi connectivity index (χ3v) is 1.91. The number of para-hydroxylation sites is 1. The minimum absolute atomic E-state index is 0.0627. The minimum atomic E-state index is 0.0627. The van der Waals surface area contributed by atoms with Gasteiger partial charge in [0.1, 0.15) is 0 Å². The fourth-order valence-electron chi connectivity index (χ4n) is 1.15. The van der Waals surface area contributed by atoms with Crippen LogP contribution in [0.2, 0.25) is 0 Å². The fraction of sp³-hybridized carbons (Fsp3) is 0.400. The molecule has 0 amide bonds. The van der Waals surface area contributed by atoms with Gasteiger partial charge >= 0.3 is 0 Å². The van der Waals surface area contributed by atoms with E-state index in [9.17, 15) is 0 Å². The van der Waals surface area contributed by atoms with Crippen LogP contribution in [0.1, 0.15) is 12.5 Å². The molecule has 0 aromatic heterocycles. The van der Waals surface area contributed by atoms with Crippen LogP contribution in [0.4, 0.5) is 5.69 Å². The Hall–Kier alpha value is -1.06. The summed E-state index contributed by atoms with van der Waals surface area (Å²) in [6.45, 7) is 2.56. The number of nitrogens with one attached hydrogen (secondary N) is 1. The van der Waals surface area contributed by atoms with E-state index < -0.39 is 0 Å². The summed E-state index contributed by atoms with van der Waals surface area (Å²) in [5, 5.41) is 12.0. The van der Waals surface area contributed by atoms with E-state index in [0.717, 1.165) is 11.3 Å². The summed E-state index contributed by atoms with van der Waals surface area (Å²) < 4.78 is 0. The maximum Gasteiger partial charge on any atom is 0.0630 e. The van der Waals surface area contributed by atoms with Gasteiger partial charge in [0, 0.05) is 18.3 Å². The predicted octanol–water partition coefficient (Wildman–Crippen LogP) is 0.938. The summed E-state index contributed by atoms with van der Waals surface area (Å²) in [6, 6.07) is 7.91. The Balaban J connectivity index is 2.74. The van der Waals surface area contributed by atoms with E-state index in [2.05, 4.69) is 5.32 Å². The Labute approximate surface area is 78.6 Å². The summed E-state index contributed by atoms with van der Waals surface area (Å²) in [7, 11) is 0. The molecule has 13 heavy (non-hydrogen) atoms. The van der Waals surface area contributed by atoms with E-state index >= 15 is 0 Å². The summed E-state index contributed by atoms with van der Waals surface area (Å²) in [4.78, 5) is 0. The largest absolute Gasteiger partial charge is 0.394 e. The van der Waals surface area contributed by atoms with Gasteiger partial charge in [-0.1, -0.05) is 18.2 Å². The van der Waals surface area contributed by atoms with Crippen LogP contribution in [-0.2, 0) is 6.54 Å². The van der Waals surface area contributed by atoms with Crippen molar-refractivity contribution in [2.75, 3.05) is 11.9 Å². The third-order valence-electron chi connectivity index (χ3n) is 1.91. The fourth-order valence-corrected chi connectivity index (χ4v) is 1.15. The number of aliphatic hydroxyl groups excluding tert-OH is 1. The molecule has 0 aliphatic rings. The Morgan fingerprint density at radius 1 is 1.46 bits per heavy atom.